The largest absolute Gasteiger partial charge is 0.378 e. The molecule has 10 heteroatoms. The molecule has 1 atom stereocenters. The average molecular weight is 412 g/mol. The predicted molar refractivity (Wildman–Crippen MR) is 106 cm³/mol. The van der Waals surface area contributed by atoms with E-state index < -0.39 is 5.82 Å². The highest BCUT2D eigenvalue weighted by Gasteiger charge is 2.22. The SMILES string of the molecule is COCc1cn(-c2ncn3c2c(=O)n(CC2CCCCO2)c2cc(F)ccc23)nn1. The molecule has 1 fully saturated rings. The Morgan fingerprint density at radius 3 is 3.00 bits per heavy atom. The molecule has 1 aliphatic rings. The standard InChI is InChI=1S/C20H21FN6O3/c1-29-11-14-9-27(24-23-14)19-18-20(28)25(10-15-4-2-3-7-30-15)17-8-13(21)5-6-16(17)26(18)12-22-19/h5-6,8-9,12,15H,2-4,7,10-11H2,1H3. The molecule has 5 rings (SSSR count). The molecule has 1 unspecified atom stereocenters. The predicted octanol–water partition coefficient (Wildman–Crippen LogP) is 2.08. The van der Waals surface area contributed by atoms with E-state index in [1.807, 2.05) is 0 Å². The van der Waals surface area contributed by atoms with Gasteiger partial charge in [-0.25, -0.2) is 9.37 Å². The Morgan fingerprint density at radius 2 is 2.20 bits per heavy atom. The van der Waals surface area contributed by atoms with Crippen molar-refractivity contribution < 1.29 is 13.9 Å². The van der Waals surface area contributed by atoms with E-state index in [0.717, 1.165) is 19.3 Å². The first-order valence-electron chi connectivity index (χ1n) is 9.87. The molecule has 0 bridgehead atoms. The molecule has 156 valence electrons. The summed E-state index contributed by atoms with van der Waals surface area (Å²) in [6.07, 6.45) is 6.07. The number of rotatable bonds is 5. The number of ether oxygens (including phenoxy) is 2. The van der Waals surface area contributed by atoms with Crippen LogP contribution in [0.3, 0.4) is 0 Å². The Hall–Kier alpha value is -3.11. The van der Waals surface area contributed by atoms with Crippen molar-refractivity contribution in [3.63, 3.8) is 0 Å². The fourth-order valence-electron chi connectivity index (χ4n) is 3.99. The maximum Gasteiger partial charge on any atom is 0.279 e. The third kappa shape index (κ3) is 3.17. The smallest absolute Gasteiger partial charge is 0.279 e. The first-order valence-corrected chi connectivity index (χ1v) is 9.87. The second-order valence-electron chi connectivity index (χ2n) is 7.41. The van der Waals surface area contributed by atoms with Crippen LogP contribution < -0.4 is 5.56 Å². The van der Waals surface area contributed by atoms with Crippen molar-refractivity contribution in [3.05, 3.63) is 52.6 Å². The van der Waals surface area contributed by atoms with Crippen LogP contribution in [-0.4, -0.2) is 48.8 Å². The Kier molecular flexibility index (Phi) is 4.80. The molecule has 9 nitrogen and oxygen atoms in total. The molecule has 0 N–H and O–H groups in total. The Morgan fingerprint density at radius 1 is 1.30 bits per heavy atom. The molecule has 4 aromatic rings. The van der Waals surface area contributed by atoms with Gasteiger partial charge in [0.2, 0.25) is 0 Å². The topological polar surface area (TPSA) is 88.5 Å². The number of fused-ring (bicyclic) bond motifs is 3. The molecule has 0 aliphatic carbocycles. The number of benzene rings is 1. The van der Waals surface area contributed by atoms with E-state index in [4.69, 9.17) is 9.47 Å². The van der Waals surface area contributed by atoms with Crippen LogP contribution in [-0.2, 0) is 22.6 Å². The van der Waals surface area contributed by atoms with Gasteiger partial charge in [-0.15, -0.1) is 5.10 Å². The van der Waals surface area contributed by atoms with Crippen molar-refractivity contribution in [1.29, 1.82) is 0 Å². The van der Waals surface area contributed by atoms with E-state index in [1.54, 1.807) is 34.7 Å². The number of imidazole rings is 1. The molecule has 30 heavy (non-hydrogen) atoms. The lowest BCUT2D eigenvalue weighted by atomic mass is 10.1. The molecule has 1 aliphatic heterocycles. The van der Waals surface area contributed by atoms with Gasteiger partial charge in [0.15, 0.2) is 11.3 Å². The summed E-state index contributed by atoms with van der Waals surface area (Å²) in [5.41, 5.74) is 1.87. The quantitative estimate of drug-likeness (QED) is 0.499. The van der Waals surface area contributed by atoms with Crippen LogP contribution >= 0.6 is 0 Å². The Labute approximate surface area is 170 Å². The molecule has 0 amide bonds. The number of aromatic nitrogens is 6. The second kappa shape index (κ2) is 7.62. The van der Waals surface area contributed by atoms with Crippen molar-refractivity contribution in [3.8, 4) is 5.82 Å². The van der Waals surface area contributed by atoms with Gasteiger partial charge in [-0.05, 0) is 37.5 Å². The molecular weight excluding hydrogens is 391 g/mol. The van der Waals surface area contributed by atoms with Crippen molar-refractivity contribution in [2.45, 2.75) is 38.5 Å². The van der Waals surface area contributed by atoms with E-state index in [0.29, 0.717) is 47.8 Å². The summed E-state index contributed by atoms with van der Waals surface area (Å²) in [6.45, 7) is 1.33. The van der Waals surface area contributed by atoms with E-state index >= 15 is 0 Å². The van der Waals surface area contributed by atoms with E-state index in [9.17, 15) is 9.18 Å². The second-order valence-corrected chi connectivity index (χ2v) is 7.41. The fourth-order valence-corrected chi connectivity index (χ4v) is 3.99. The van der Waals surface area contributed by atoms with E-state index in [1.165, 1.54) is 16.8 Å². The zero-order valence-corrected chi connectivity index (χ0v) is 16.5. The molecular formula is C20H21FN6O3. The summed E-state index contributed by atoms with van der Waals surface area (Å²) >= 11 is 0. The zero-order valence-electron chi connectivity index (χ0n) is 16.5. The maximum absolute atomic E-state index is 14.1. The monoisotopic (exact) mass is 412 g/mol. The van der Waals surface area contributed by atoms with Gasteiger partial charge in [0, 0.05) is 13.7 Å². The van der Waals surface area contributed by atoms with Gasteiger partial charge in [-0.3, -0.25) is 9.20 Å². The first-order chi connectivity index (χ1) is 14.7. The highest BCUT2D eigenvalue weighted by atomic mass is 19.1. The van der Waals surface area contributed by atoms with Crippen LogP contribution in [0.25, 0.3) is 22.4 Å². The van der Waals surface area contributed by atoms with Gasteiger partial charge in [-0.1, -0.05) is 5.21 Å². The van der Waals surface area contributed by atoms with Gasteiger partial charge < -0.3 is 14.0 Å². The van der Waals surface area contributed by atoms with Crippen molar-refractivity contribution in [2.75, 3.05) is 13.7 Å². The van der Waals surface area contributed by atoms with Crippen LogP contribution in [0.1, 0.15) is 25.0 Å². The van der Waals surface area contributed by atoms with E-state index in [2.05, 4.69) is 15.3 Å². The van der Waals surface area contributed by atoms with Gasteiger partial charge in [0.25, 0.3) is 5.56 Å². The minimum atomic E-state index is -0.402. The van der Waals surface area contributed by atoms with Crippen LogP contribution in [0.5, 0.6) is 0 Å². The molecule has 1 aromatic carbocycles. The van der Waals surface area contributed by atoms with Gasteiger partial charge >= 0.3 is 0 Å². The van der Waals surface area contributed by atoms with Gasteiger partial charge in [0.1, 0.15) is 17.8 Å². The minimum absolute atomic E-state index is 0.0867. The molecule has 0 spiro atoms. The van der Waals surface area contributed by atoms with Gasteiger partial charge in [-0.2, -0.15) is 4.68 Å². The first kappa shape index (κ1) is 18.9. The molecule has 0 saturated carbocycles. The van der Waals surface area contributed by atoms with Crippen molar-refractivity contribution in [2.24, 2.45) is 0 Å². The normalized spacial score (nSPS) is 17.2. The van der Waals surface area contributed by atoms with Crippen molar-refractivity contribution >= 4 is 16.6 Å². The summed E-state index contributed by atoms with van der Waals surface area (Å²) in [6, 6.07) is 4.41. The maximum atomic E-state index is 14.1. The third-order valence-electron chi connectivity index (χ3n) is 5.39. The average Bonchev–Trinajstić information content (AvgIpc) is 3.39. The summed E-state index contributed by atoms with van der Waals surface area (Å²) in [5, 5.41) is 8.13. The minimum Gasteiger partial charge on any atom is -0.378 e. The lowest BCUT2D eigenvalue weighted by Gasteiger charge is -2.24. The molecule has 4 heterocycles. The molecule has 3 aromatic heterocycles. The summed E-state index contributed by atoms with van der Waals surface area (Å²) in [5.74, 6) is -0.0419. The van der Waals surface area contributed by atoms with Crippen LogP contribution in [0.2, 0.25) is 0 Å². The number of nitrogens with zero attached hydrogens (tertiary/aromatic N) is 6. The summed E-state index contributed by atoms with van der Waals surface area (Å²) in [4.78, 5) is 18.0. The Balaban J connectivity index is 1.72. The highest BCUT2D eigenvalue weighted by Crippen LogP contribution is 2.22. The third-order valence-corrected chi connectivity index (χ3v) is 5.39. The molecule has 0 radical (unpaired) electrons. The molecule has 1 saturated heterocycles. The number of hydrogen-bond acceptors (Lipinski definition) is 6. The zero-order chi connectivity index (χ0) is 20.7. The number of methoxy groups -OCH3 is 1. The lowest BCUT2D eigenvalue weighted by molar-refractivity contribution is 0.00619. The Bertz CT molecular complexity index is 1270. The fraction of sp³-hybridized carbons (Fsp3) is 0.400. The number of hydrogen-bond donors (Lipinski definition) is 0. The van der Waals surface area contributed by atoms with Gasteiger partial charge in [0.05, 0.1) is 36.5 Å². The number of halogens is 1. The van der Waals surface area contributed by atoms with Crippen LogP contribution in [0, 0.1) is 5.82 Å². The van der Waals surface area contributed by atoms with Crippen molar-refractivity contribution in [1.82, 2.24) is 28.9 Å². The highest BCUT2D eigenvalue weighted by molar-refractivity contribution is 5.81. The van der Waals surface area contributed by atoms with E-state index in [-0.39, 0.29) is 11.7 Å². The summed E-state index contributed by atoms with van der Waals surface area (Å²) < 4.78 is 29.7. The lowest BCUT2D eigenvalue weighted by Crippen LogP contribution is -2.32. The van der Waals surface area contributed by atoms with Crippen LogP contribution in [0.15, 0.2) is 35.5 Å². The summed E-state index contributed by atoms with van der Waals surface area (Å²) in [7, 11) is 1.57. The van der Waals surface area contributed by atoms with Crippen LogP contribution in [0.4, 0.5) is 4.39 Å².